The van der Waals surface area contributed by atoms with Crippen LogP contribution in [0.15, 0.2) is 71.4 Å². The number of fused-ring (bicyclic) bond motifs is 1. The van der Waals surface area contributed by atoms with Gasteiger partial charge in [-0.3, -0.25) is 4.79 Å². The first kappa shape index (κ1) is 16.1. The van der Waals surface area contributed by atoms with Crippen LogP contribution >= 0.6 is 0 Å². The Morgan fingerprint density at radius 2 is 1.85 bits per heavy atom. The van der Waals surface area contributed by atoms with Gasteiger partial charge in [0.25, 0.3) is 5.91 Å². The van der Waals surface area contributed by atoms with Gasteiger partial charge in [0.15, 0.2) is 5.76 Å². The molecule has 5 heteroatoms. The molecule has 26 heavy (non-hydrogen) atoms. The van der Waals surface area contributed by atoms with Gasteiger partial charge in [0.2, 0.25) is 0 Å². The Kier molecular flexibility index (Phi) is 4.05. The molecule has 0 saturated carbocycles. The molecule has 0 unspecified atom stereocenters. The van der Waals surface area contributed by atoms with Crippen LogP contribution in [-0.4, -0.2) is 15.5 Å². The summed E-state index contributed by atoms with van der Waals surface area (Å²) in [6, 6.07) is 17.1. The standard InChI is InChI=1S/C21H19N3O2/c1-14-16-10-6-7-11-17(16)26-19(14)21(25)23-18(15-8-4-3-5-9-15)20-22-12-13-24(20)2/h3-13,18H,1-2H3,(H,23,25)/t18-/m0/s1. The summed E-state index contributed by atoms with van der Waals surface area (Å²) in [5, 5.41) is 4.03. The van der Waals surface area contributed by atoms with E-state index >= 15 is 0 Å². The minimum atomic E-state index is -0.365. The van der Waals surface area contributed by atoms with Crippen molar-refractivity contribution < 1.29 is 9.21 Å². The SMILES string of the molecule is Cc1c(C(=O)N[C@@H](c2ccccc2)c2nccn2C)oc2ccccc12. The van der Waals surface area contributed by atoms with Crippen molar-refractivity contribution in [3.8, 4) is 0 Å². The number of para-hydroxylation sites is 1. The molecule has 0 aliphatic rings. The van der Waals surface area contributed by atoms with Gasteiger partial charge in [-0.1, -0.05) is 48.5 Å². The van der Waals surface area contributed by atoms with Crippen LogP contribution in [0.25, 0.3) is 11.0 Å². The van der Waals surface area contributed by atoms with E-state index in [2.05, 4.69) is 10.3 Å². The monoisotopic (exact) mass is 345 g/mol. The van der Waals surface area contributed by atoms with Crippen molar-refractivity contribution in [3.05, 3.63) is 89.7 Å². The summed E-state index contributed by atoms with van der Waals surface area (Å²) in [7, 11) is 1.91. The fourth-order valence-electron chi connectivity index (χ4n) is 3.19. The zero-order valence-corrected chi connectivity index (χ0v) is 14.6. The number of benzene rings is 2. The van der Waals surface area contributed by atoms with Gasteiger partial charge in [0.1, 0.15) is 17.4 Å². The predicted octanol–water partition coefficient (Wildman–Crippen LogP) is 3.99. The lowest BCUT2D eigenvalue weighted by molar-refractivity contribution is 0.0914. The first-order valence-electron chi connectivity index (χ1n) is 8.46. The van der Waals surface area contributed by atoms with Gasteiger partial charge < -0.3 is 14.3 Å². The average Bonchev–Trinajstić information content (AvgIpc) is 3.24. The van der Waals surface area contributed by atoms with Gasteiger partial charge in [-0.05, 0) is 18.6 Å². The third-order valence-corrected chi connectivity index (χ3v) is 4.57. The number of nitrogens with one attached hydrogen (secondary N) is 1. The summed E-state index contributed by atoms with van der Waals surface area (Å²) in [4.78, 5) is 17.4. The number of furan rings is 1. The molecule has 1 amide bonds. The van der Waals surface area contributed by atoms with Crippen molar-refractivity contribution in [2.75, 3.05) is 0 Å². The number of carbonyl (C=O) groups excluding carboxylic acids is 1. The lowest BCUT2D eigenvalue weighted by Gasteiger charge is -2.18. The highest BCUT2D eigenvalue weighted by Crippen LogP contribution is 2.26. The molecule has 0 aliphatic heterocycles. The molecule has 0 spiro atoms. The van der Waals surface area contributed by atoms with Crippen molar-refractivity contribution in [2.24, 2.45) is 7.05 Å². The Bertz CT molecular complexity index is 1060. The van der Waals surface area contributed by atoms with E-state index in [9.17, 15) is 4.79 Å². The van der Waals surface area contributed by atoms with Gasteiger partial charge in [-0.2, -0.15) is 0 Å². The molecule has 2 heterocycles. The number of carbonyl (C=O) groups is 1. The molecule has 0 radical (unpaired) electrons. The van der Waals surface area contributed by atoms with E-state index in [1.165, 1.54) is 0 Å². The Labute approximate surface area is 151 Å². The smallest absolute Gasteiger partial charge is 0.288 e. The number of imidazole rings is 1. The number of aromatic nitrogens is 2. The zero-order valence-electron chi connectivity index (χ0n) is 14.6. The third kappa shape index (κ3) is 2.77. The number of hydrogen-bond acceptors (Lipinski definition) is 3. The fourth-order valence-corrected chi connectivity index (χ4v) is 3.19. The van der Waals surface area contributed by atoms with Gasteiger partial charge in [0, 0.05) is 30.4 Å². The molecule has 1 N–H and O–H groups in total. The molecule has 4 aromatic rings. The zero-order chi connectivity index (χ0) is 18.1. The summed E-state index contributed by atoms with van der Waals surface area (Å²) >= 11 is 0. The Morgan fingerprint density at radius 3 is 2.54 bits per heavy atom. The topological polar surface area (TPSA) is 60.1 Å². The highest BCUT2D eigenvalue weighted by Gasteiger charge is 2.24. The molecule has 2 aromatic heterocycles. The quantitative estimate of drug-likeness (QED) is 0.608. The number of rotatable bonds is 4. The predicted molar refractivity (Wildman–Crippen MR) is 99.9 cm³/mol. The van der Waals surface area contributed by atoms with E-state index in [-0.39, 0.29) is 11.9 Å². The molecule has 130 valence electrons. The van der Waals surface area contributed by atoms with E-state index in [1.807, 2.05) is 79.3 Å². The maximum absolute atomic E-state index is 13.0. The Hall–Kier alpha value is -3.34. The van der Waals surface area contributed by atoms with Gasteiger partial charge in [-0.15, -0.1) is 0 Å². The first-order valence-corrected chi connectivity index (χ1v) is 8.46. The highest BCUT2D eigenvalue weighted by molar-refractivity contribution is 5.99. The lowest BCUT2D eigenvalue weighted by atomic mass is 10.1. The van der Waals surface area contributed by atoms with E-state index in [4.69, 9.17) is 4.42 Å². The molecule has 0 saturated heterocycles. The summed E-state index contributed by atoms with van der Waals surface area (Å²) in [6.07, 6.45) is 3.59. The van der Waals surface area contributed by atoms with Crippen LogP contribution in [0.3, 0.4) is 0 Å². The average molecular weight is 345 g/mol. The van der Waals surface area contributed by atoms with Crippen molar-refractivity contribution in [1.82, 2.24) is 14.9 Å². The van der Waals surface area contributed by atoms with Crippen molar-refractivity contribution in [2.45, 2.75) is 13.0 Å². The summed E-state index contributed by atoms with van der Waals surface area (Å²) in [5.41, 5.74) is 2.51. The molecule has 4 rings (SSSR count). The second-order valence-electron chi connectivity index (χ2n) is 6.27. The Balaban J connectivity index is 1.72. The van der Waals surface area contributed by atoms with Crippen LogP contribution < -0.4 is 5.32 Å². The lowest BCUT2D eigenvalue weighted by Crippen LogP contribution is -2.31. The number of nitrogens with zero attached hydrogens (tertiary/aromatic N) is 2. The molecule has 5 nitrogen and oxygen atoms in total. The molecule has 0 aliphatic carbocycles. The van der Waals surface area contributed by atoms with Crippen molar-refractivity contribution in [1.29, 1.82) is 0 Å². The van der Waals surface area contributed by atoms with E-state index in [1.54, 1.807) is 6.20 Å². The Morgan fingerprint density at radius 1 is 1.12 bits per heavy atom. The molecule has 0 bridgehead atoms. The van der Waals surface area contributed by atoms with E-state index in [0.717, 1.165) is 22.3 Å². The first-order chi connectivity index (χ1) is 12.6. The normalized spacial score (nSPS) is 12.2. The van der Waals surface area contributed by atoms with Gasteiger partial charge in [0.05, 0.1) is 0 Å². The summed E-state index contributed by atoms with van der Waals surface area (Å²) in [6.45, 7) is 1.90. The largest absolute Gasteiger partial charge is 0.451 e. The number of aryl methyl sites for hydroxylation is 2. The van der Waals surface area contributed by atoms with Crippen molar-refractivity contribution >= 4 is 16.9 Å². The second kappa shape index (κ2) is 6.52. The summed E-state index contributed by atoms with van der Waals surface area (Å²) < 4.78 is 7.71. The number of amides is 1. The molecular weight excluding hydrogens is 326 g/mol. The van der Waals surface area contributed by atoms with Crippen molar-refractivity contribution in [3.63, 3.8) is 0 Å². The maximum atomic E-state index is 13.0. The van der Waals surface area contributed by atoms with Crippen LogP contribution in [0.1, 0.15) is 33.5 Å². The maximum Gasteiger partial charge on any atom is 0.288 e. The summed E-state index contributed by atoms with van der Waals surface area (Å²) in [5.74, 6) is 0.843. The van der Waals surface area contributed by atoms with Crippen LogP contribution in [0.2, 0.25) is 0 Å². The molecule has 2 aromatic carbocycles. The van der Waals surface area contributed by atoms with Crippen LogP contribution in [0.4, 0.5) is 0 Å². The molecule has 1 atom stereocenters. The fraction of sp³-hybridized carbons (Fsp3) is 0.143. The molecule has 0 fully saturated rings. The number of hydrogen-bond donors (Lipinski definition) is 1. The minimum Gasteiger partial charge on any atom is -0.451 e. The van der Waals surface area contributed by atoms with E-state index < -0.39 is 0 Å². The van der Waals surface area contributed by atoms with Crippen LogP contribution in [0, 0.1) is 6.92 Å². The second-order valence-corrected chi connectivity index (χ2v) is 6.27. The van der Waals surface area contributed by atoms with Gasteiger partial charge >= 0.3 is 0 Å². The van der Waals surface area contributed by atoms with Crippen LogP contribution in [-0.2, 0) is 7.05 Å². The van der Waals surface area contributed by atoms with Gasteiger partial charge in [-0.25, -0.2) is 4.98 Å². The molecular formula is C21H19N3O2. The highest BCUT2D eigenvalue weighted by atomic mass is 16.3. The van der Waals surface area contributed by atoms with Crippen LogP contribution in [0.5, 0.6) is 0 Å². The third-order valence-electron chi connectivity index (χ3n) is 4.57. The minimum absolute atomic E-state index is 0.254. The van der Waals surface area contributed by atoms with E-state index in [0.29, 0.717) is 11.3 Å².